The maximum absolute atomic E-state index is 12.4. The Morgan fingerprint density at radius 2 is 2.23 bits per heavy atom. The lowest BCUT2D eigenvalue weighted by Crippen LogP contribution is -2.34. The van der Waals surface area contributed by atoms with Gasteiger partial charge in [-0.25, -0.2) is 4.98 Å². The molecule has 0 spiro atoms. The van der Waals surface area contributed by atoms with Gasteiger partial charge in [0.1, 0.15) is 6.54 Å². The van der Waals surface area contributed by atoms with Crippen molar-refractivity contribution in [2.45, 2.75) is 26.8 Å². The van der Waals surface area contributed by atoms with E-state index in [4.69, 9.17) is 5.11 Å². The van der Waals surface area contributed by atoms with Crippen molar-refractivity contribution >= 4 is 16.8 Å². The Hall–Kier alpha value is -2.21. The number of amides is 1. The summed E-state index contributed by atoms with van der Waals surface area (Å²) in [4.78, 5) is 28.6. The van der Waals surface area contributed by atoms with Gasteiger partial charge in [-0.15, -0.1) is 0 Å². The third-order valence-electron chi connectivity index (χ3n) is 3.64. The van der Waals surface area contributed by atoms with E-state index in [0.29, 0.717) is 23.9 Å². The smallest absolute Gasteiger partial charge is 0.261 e. The van der Waals surface area contributed by atoms with Gasteiger partial charge in [0.15, 0.2) is 0 Å². The highest BCUT2D eigenvalue weighted by Gasteiger charge is 2.10. The van der Waals surface area contributed by atoms with Crippen molar-refractivity contribution < 1.29 is 9.90 Å². The lowest BCUT2D eigenvalue weighted by atomic mass is 10.1. The van der Waals surface area contributed by atoms with Gasteiger partial charge in [-0.3, -0.25) is 14.2 Å². The summed E-state index contributed by atoms with van der Waals surface area (Å²) in [5.41, 5.74) is 1.39. The number of hydrogen-bond acceptors (Lipinski definition) is 4. The highest BCUT2D eigenvalue weighted by atomic mass is 16.3. The lowest BCUT2D eigenvalue weighted by molar-refractivity contribution is -0.121. The van der Waals surface area contributed by atoms with Gasteiger partial charge in [-0.05, 0) is 30.9 Å². The van der Waals surface area contributed by atoms with Crippen molar-refractivity contribution in [1.29, 1.82) is 0 Å². The van der Waals surface area contributed by atoms with Crippen LogP contribution < -0.4 is 10.9 Å². The number of nitrogens with zero attached hydrogens (tertiary/aromatic N) is 2. The first-order valence-electron chi connectivity index (χ1n) is 7.35. The molecule has 1 unspecified atom stereocenters. The number of aryl methyl sites for hydroxylation is 1. The summed E-state index contributed by atoms with van der Waals surface area (Å²) in [6, 6.07) is 5.42. The molecule has 6 nitrogen and oxygen atoms in total. The van der Waals surface area contributed by atoms with E-state index in [0.717, 1.165) is 5.56 Å². The number of rotatable bonds is 6. The number of aliphatic hydroxyl groups excluding tert-OH is 1. The first-order chi connectivity index (χ1) is 10.5. The van der Waals surface area contributed by atoms with Crippen LogP contribution in [0, 0.1) is 12.8 Å². The Morgan fingerprint density at radius 3 is 2.95 bits per heavy atom. The molecule has 1 aromatic carbocycles. The number of hydrogen-bond donors (Lipinski definition) is 2. The predicted molar refractivity (Wildman–Crippen MR) is 84.6 cm³/mol. The second kappa shape index (κ2) is 7.17. The van der Waals surface area contributed by atoms with E-state index in [1.165, 1.54) is 10.9 Å². The molecule has 0 aliphatic heterocycles. The zero-order chi connectivity index (χ0) is 16.1. The zero-order valence-corrected chi connectivity index (χ0v) is 12.9. The number of carbonyl (C=O) groups excluding carboxylic acids is 1. The van der Waals surface area contributed by atoms with E-state index in [-0.39, 0.29) is 30.5 Å². The maximum atomic E-state index is 12.4. The minimum Gasteiger partial charge on any atom is -0.396 e. The van der Waals surface area contributed by atoms with Crippen LogP contribution in [-0.2, 0) is 11.3 Å². The van der Waals surface area contributed by atoms with E-state index in [9.17, 15) is 9.59 Å². The number of fused-ring (bicyclic) bond motifs is 1. The van der Waals surface area contributed by atoms with Gasteiger partial charge in [0, 0.05) is 13.2 Å². The number of para-hydroxylation sites is 1. The Balaban J connectivity index is 2.10. The molecule has 0 radical (unpaired) electrons. The van der Waals surface area contributed by atoms with Gasteiger partial charge in [-0.1, -0.05) is 19.1 Å². The zero-order valence-electron chi connectivity index (χ0n) is 12.9. The van der Waals surface area contributed by atoms with E-state index in [1.807, 2.05) is 26.0 Å². The first kappa shape index (κ1) is 16.2. The van der Waals surface area contributed by atoms with Crippen LogP contribution in [0.15, 0.2) is 29.3 Å². The lowest BCUT2D eigenvalue weighted by Gasteiger charge is -2.12. The van der Waals surface area contributed by atoms with Gasteiger partial charge >= 0.3 is 0 Å². The van der Waals surface area contributed by atoms with Crippen LogP contribution in [0.5, 0.6) is 0 Å². The predicted octanol–water partition coefficient (Wildman–Crippen LogP) is 0.840. The molecule has 2 rings (SSSR count). The van der Waals surface area contributed by atoms with Crippen molar-refractivity contribution in [3.8, 4) is 0 Å². The summed E-state index contributed by atoms with van der Waals surface area (Å²) in [6.07, 6.45) is 2.05. The number of carbonyl (C=O) groups is 1. The molecule has 2 N–H and O–H groups in total. The molecule has 0 bridgehead atoms. The van der Waals surface area contributed by atoms with E-state index in [1.54, 1.807) is 6.07 Å². The molecular weight excluding hydrogens is 282 g/mol. The molecule has 1 heterocycles. The van der Waals surface area contributed by atoms with Gasteiger partial charge in [0.2, 0.25) is 5.91 Å². The van der Waals surface area contributed by atoms with Crippen LogP contribution in [0.1, 0.15) is 18.9 Å². The third kappa shape index (κ3) is 3.71. The van der Waals surface area contributed by atoms with Crippen LogP contribution >= 0.6 is 0 Å². The molecule has 1 aromatic heterocycles. The fourth-order valence-corrected chi connectivity index (χ4v) is 2.27. The summed E-state index contributed by atoms with van der Waals surface area (Å²) >= 11 is 0. The molecule has 0 aliphatic carbocycles. The molecule has 0 aliphatic rings. The molecule has 1 atom stereocenters. The van der Waals surface area contributed by atoms with Crippen molar-refractivity contribution in [3.05, 3.63) is 40.4 Å². The summed E-state index contributed by atoms with van der Waals surface area (Å²) in [7, 11) is 0. The van der Waals surface area contributed by atoms with Crippen LogP contribution in [-0.4, -0.2) is 33.7 Å². The summed E-state index contributed by atoms with van der Waals surface area (Å²) in [5, 5.41) is 12.1. The normalized spacial score (nSPS) is 12.3. The Bertz CT molecular complexity index is 724. The molecule has 1 amide bonds. The van der Waals surface area contributed by atoms with Crippen molar-refractivity contribution in [2.75, 3.05) is 13.2 Å². The largest absolute Gasteiger partial charge is 0.396 e. The number of benzene rings is 1. The minimum atomic E-state index is -0.235. The number of aromatic nitrogens is 2. The SMILES string of the molecule is Cc1cccc2c(=O)n(CC(=O)NCC(C)CCO)cnc12. The fraction of sp³-hybridized carbons (Fsp3) is 0.438. The second-order valence-corrected chi connectivity index (χ2v) is 5.57. The number of nitrogens with one attached hydrogen (secondary N) is 1. The second-order valence-electron chi connectivity index (χ2n) is 5.57. The monoisotopic (exact) mass is 303 g/mol. The van der Waals surface area contributed by atoms with Gasteiger partial charge in [0.25, 0.3) is 5.56 Å². The van der Waals surface area contributed by atoms with Crippen LogP contribution in [0.3, 0.4) is 0 Å². The fourth-order valence-electron chi connectivity index (χ4n) is 2.27. The van der Waals surface area contributed by atoms with E-state index >= 15 is 0 Å². The highest BCUT2D eigenvalue weighted by Crippen LogP contribution is 2.11. The Labute approximate surface area is 128 Å². The maximum Gasteiger partial charge on any atom is 0.261 e. The van der Waals surface area contributed by atoms with Crippen LogP contribution in [0.25, 0.3) is 10.9 Å². The summed E-state index contributed by atoms with van der Waals surface area (Å²) < 4.78 is 1.31. The van der Waals surface area contributed by atoms with Crippen molar-refractivity contribution in [1.82, 2.24) is 14.9 Å². The molecule has 6 heteroatoms. The Morgan fingerprint density at radius 1 is 1.45 bits per heavy atom. The van der Waals surface area contributed by atoms with Crippen LogP contribution in [0.4, 0.5) is 0 Å². The third-order valence-corrected chi connectivity index (χ3v) is 3.64. The molecule has 118 valence electrons. The topological polar surface area (TPSA) is 84.2 Å². The quantitative estimate of drug-likeness (QED) is 0.828. The van der Waals surface area contributed by atoms with Gasteiger partial charge in [0.05, 0.1) is 17.2 Å². The van der Waals surface area contributed by atoms with E-state index in [2.05, 4.69) is 10.3 Å². The van der Waals surface area contributed by atoms with Gasteiger partial charge in [-0.2, -0.15) is 0 Å². The minimum absolute atomic E-state index is 0.0540. The summed E-state index contributed by atoms with van der Waals surface area (Å²) in [6.45, 7) is 4.37. The highest BCUT2D eigenvalue weighted by molar-refractivity contribution is 5.81. The van der Waals surface area contributed by atoms with Crippen molar-refractivity contribution in [3.63, 3.8) is 0 Å². The Kier molecular flexibility index (Phi) is 5.27. The molecule has 2 aromatic rings. The van der Waals surface area contributed by atoms with Crippen LogP contribution in [0.2, 0.25) is 0 Å². The van der Waals surface area contributed by atoms with E-state index < -0.39 is 0 Å². The molecule has 0 saturated heterocycles. The van der Waals surface area contributed by atoms with Crippen molar-refractivity contribution in [2.24, 2.45) is 5.92 Å². The average Bonchev–Trinajstić information content (AvgIpc) is 2.49. The summed E-state index contributed by atoms with van der Waals surface area (Å²) in [5.74, 6) is -0.0382. The standard InChI is InChI=1S/C16H21N3O3/c1-11(6-7-20)8-17-14(21)9-19-10-18-15-12(2)4-3-5-13(15)16(19)22/h3-5,10-11,20H,6-9H2,1-2H3,(H,17,21). The average molecular weight is 303 g/mol. The first-order valence-corrected chi connectivity index (χ1v) is 7.35. The van der Waals surface area contributed by atoms with Gasteiger partial charge < -0.3 is 10.4 Å². The molecule has 0 fully saturated rings. The number of aliphatic hydroxyl groups is 1. The molecule has 0 saturated carbocycles. The molecule has 22 heavy (non-hydrogen) atoms. The molecular formula is C16H21N3O3.